The maximum absolute atomic E-state index is 11.7. The highest BCUT2D eigenvalue weighted by Crippen LogP contribution is 2.24. The number of hydrogen-bond donors (Lipinski definition) is 1. The summed E-state index contributed by atoms with van der Waals surface area (Å²) in [5.74, 6) is 0.181. The Kier molecular flexibility index (Phi) is 4.57. The minimum absolute atomic E-state index is 0.110. The molecular weight excluding hydrogens is 290 g/mol. The van der Waals surface area contributed by atoms with Crippen molar-refractivity contribution in [2.75, 3.05) is 11.1 Å². The van der Waals surface area contributed by atoms with Gasteiger partial charge in [0.25, 0.3) is 0 Å². The molecule has 2 rings (SSSR count). The van der Waals surface area contributed by atoms with Crippen LogP contribution in [0.15, 0.2) is 28.0 Å². The highest BCUT2D eigenvalue weighted by atomic mass is 35.5. The number of benzene rings is 1. The van der Waals surface area contributed by atoms with Crippen LogP contribution >= 0.6 is 34.7 Å². The number of nitrogens with one attached hydrogen (secondary N) is 1. The van der Waals surface area contributed by atoms with Gasteiger partial charge in [-0.2, -0.15) is 0 Å². The van der Waals surface area contributed by atoms with E-state index in [1.807, 2.05) is 19.1 Å². The van der Waals surface area contributed by atoms with E-state index in [9.17, 15) is 4.79 Å². The Balaban J connectivity index is 1.91. The lowest BCUT2D eigenvalue weighted by Crippen LogP contribution is -2.14. The van der Waals surface area contributed by atoms with Gasteiger partial charge in [0.2, 0.25) is 5.91 Å². The van der Waals surface area contributed by atoms with Crippen LogP contribution in [0.5, 0.6) is 0 Å². The molecule has 2 aromatic rings. The molecule has 1 heterocycles. The van der Waals surface area contributed by atoms with E-state index in [2.05, 4.69) is 15.5 Å². The minimum atomic E-state index is -0.110. The van der Waals surface area contributed by atoms with Gasteiger partial charge in [0.15, 0.2) is 4.34 Å². The third-order valence-corrected chi connectivity index (χ3v) is 4.24. The number of aryl methyl sites for hydroxylation is 1. The molecule has 18 heavy (non-hydrogen) atoms. The minimum Gasteiger partial charge on any atom is -0.324 e. The summed E-state index contributed by atoms with van der Waals surface area (Å²) in [4.78, 5) is 11.7. The second-order valence-corrected chi connectivity index (χ2v) is 5.99. The van der Waals surface area contributed by atoms with Crippen LogP contribution in [0.2, 0.25) is 5.02 Å². The van der Waals surface area contributed by atoms with E-state index in [1.165, 1.54) is 23.1 Å². The van der Waals surface area contributed by atoms with Gasteiger partial charge in [-0.1, -0.05) is 40.8 Å². The second kappa shape index (κ2) is 6.17. The van der Waals surface area contributed by atoms with Gasteiger partial charge < -0.3 is 5.32 Å². The highest BCUT2D eigenvalue weighted by Gasteiger charge is 2.07. The lowest BCUT2D eigenvalue weighted by Gasteiger charge is -2.06. The summed E-state index contributed by atoms with van der Waals surface area (Å²) in [5.41, 5.74) is 3.32. The van der Waals surface area contributed by atoms with Crippen molar-refractivity contribution in [1.82, 2.24) is 10.2 Å². The van der Waals surface area contributed by atoms with E-state index in [-0.39, 0.29) is 5.91 Å². The maximum Gasteiger partial charge on any atom is 0.234 e. The number of halogens is 1. The molecule has 1 aromatic heterocycles. The van der Waals surface area contributed by atoms with Gasteiger partial charge in [0, 0.05) is 0 Å². The molecular formula is C11H10ClN3OS2. The normalized spacial score (nSPS) is 10.3. The van der Waals surface area contributed by atoms with Crippen molar-refractivity contribution < 1.29 is 4.79 Å². The molecule has 0 radical (unpaired) electrons. The molecule has 0 aliphatic rings. The molecule has 0 saturated heterocycles. The number of thioether (sulfide) groups is 1. The van der Waals surface area contributed by atoms with E-state index < -0.39 is 0 Å². The van der Waals surface area contributed by atoms with E-state index in [1.54, 1.807) is 11.6 Å². The van der Waals surface area contributed by atoms with Crippen molar-refractivity contribution in [2.45, 2.75) is 11.3 Å². The molecule has 0 saturated carbocycles. The summed E-state index contributed by atoms with van der Waals surface area (Å²) in [5, 5.41) is 10.9. The molecule has 0 aliphatic carbocycles. The Morgan fingerprint density at radius 1 is 1.56 bits per heavy atom. The largest absolute Gasteiger partial charge is 0.324 e. The maximum atomic E-state index is 11.7. The number of aromatic nitrogens is 2. The van der Waals surface area contributed by atoms with Gasteiger partial charge in [0.05, 0.1) is 16.5 Å². The Hall–Kier alpha value is -1.11. The SMILES string of the molecule is Cc1ccc(NC(=O)CSc2nncs2)c(Cl)c1. The zero-order valence-electron chi connectivity index (χ0n) is 9.51. The van der Waals surface area contributed by atoms with E-state index >= 15 is 0 Å². The topological polar surface area (TPSA) is 54.9 Å². The number of carbonyl (C=O) groups excluding carboxylic acids is 1. The average molecular weight is 300 g/mol. The van der Waals surface area contributed by atoms with Gasteiger partial charge in [-0.05, 0) is 24.6 Å². The molecule has 0 atom stereocenters. The highest BCUT2D eigenvalue weighted by molar-refractivity contribution is 8.01. The van der Waals surface area contributed by atoms with E-state index in [4.69, 9.17) is 11.6 Å². The first-order valence-corrected chi connectivity index (χ1v) is 7.34. The van der Waals surface area contributed by atoms with Crippen LogP contribution in [-0.2, 0) is 4.79 Å². The fourth-order valence-corrected chi connectivity index (χ4v) is 2.83. The molecule has 0 aliphatic heterocycles. The zero-order chi connectivity index (χ0) is 13.0. The molecule has 1 amide bonds. The average Bonchev–Trinajstić information content (AvgIpc) is 2.83. The van der Waals surface area contributed by atoms with Gasteiger partial charge in [0.1, 0.15) is 5.51 Å². The van der Waals surface area contributed by atoms with Crippen molar-refractivity contribution in [3.05, 3.63) is 34.3 Å². The number of rotatable bonds is 4. The van der Waals surface area contributed by atoms with Crippen molar-refractivity contribution >= 4 is 46.3 Å². The van der Waals surface area contributed by atoms with Crippen LogP contribution in [0.3, 0.4) is 0 Å². The van der Waals surface area contributed by atoms with Crippen molar-refractivity contribution in [1.29, 1.82) is 0 Å². The number of amides is 1. The Morgan fingerprint density at radius 3 is 3.06 bits per heavy atom. The molecule has 0 bridgehead atoms. The standard InChI is InChI=1S/C11H10ClN3OS2/c1-7-2-3-9(8(12)4-7)14-10(16)5-17-11-15-13-6-18-11/h2-4,6H,5H2,1H3,(H,14,16). The Morgan fingerprint density at radius 2 is 2.39 bits per heavy atom. The smallest absolute Gasteiger partial charge is 0.234 e. The van der Waals surface area contributed by atoms with Crippen LogP contribution in [-0.4, -0.2) is 21.9 Å². The lowest BCUT2D eigenvalue weighted by molar-refractivity contribution is -0.113. The van der Waals surface area contributed by atoms with Crippen LogP contribution in [0.1, 0.15) is 5.56 Å². The Bertz CT molecular complexity index is 545. The summed E-state index contributed by atoms with van der Waals surface area (Å²) in [6.45, 7) is 1.95. The first-order chi connectivity index (χ1) is 8.65. The molecule has 0 spiro atoms. The summed E-state index contributed by atoms with van der Waals surface area (Å²) in [7, 11) is 0. The predicted octanol–water partition coefficient (Wildman–Crippen LogP) is 3.23. The third-order valence-electron chi connectivity index (χ3n) is 2.07. The quantitative estimate of drug-likeness (QED) is 0.881. The first kappa shape index (κ1) is 13.3. The van der Waals surface area contributed by atoms with Crippen LogP contribution in [0, 0.1) is 6.92 Å². The summed E-state index contributed by atoms with van der Waals surface area (Å²) < 4.78 is 0.778. The first-order valence-electron chi connectivity index (χ1n) is 5.10. The molecule has 1 aromatic carbocycles. The van der Waals surface area contributed by atoms with Crippen molar-refractivity contribution in [2.24, 2.45) is 0 Å². The summed E-state index contributed by atoms with van der Waals surface area (Å²) >= 11 is 8.80. The molecule has 0 fully saturated rings. The molecule has 1 N–H and O–H groups in total. The predicted molar refractivity (Wildman–Crippen MR) is 75.5 cm³/mol. The number of nitrogens with zero attached hydrogens (tertiary/aromatic N) is 2. The fourth-order valence-electron chi connectivity index (χ4n) is 1.26. The van der Waals surface area contributed by atoms with Crippen LogP contribution in [0.4, 0.5) is 5.69 Å². The number of anilines is 1. The number of carbonyl (C=O) groups is 1. The molecule has 0 unspecified atom stereocenters. The Labute approximate surface area is 118 Å². The summed E-state index contributed by atoms with van der Waals surface area (Å²) in [6, 6.07) is 5.51. The van der Waals surface area contributed by atoms with E-state index in [0.29, 0.717) is 16.5 Å². The van der Waals surface area contributed by atoms with Crippen molar-refractivity contribution in [3.63, 3.8) is 0 Å². The molecule has 4 nitrogen and oxygen atoms in total. The van der Waals surface area contributed by atoms with Gasteiger partial charge in [-0.3, -0.25) is 4.79 Å². The molecule has 7 heteroatoms. The monoisotopic (exact) mass is 299 g/mol. The van der Waals surface area contributed by atoms with Crippen LogP contribution in [0.25, 0.3) is 0 Å². The third kappa shape index (κ3) is 3.69. The van der Waals surface area contributed by atoms with Crippen LogP contribution < -0.4 is 5.32 Å². The number of hydrogen-bond acceptors (Lipinski definition) is 5. The van der Waals surface area contributed by atoms with E-state index in [0.717, 1.165) is 9.90 Å². The van der Waals surface area contributed by atoms with Gasteiger partial charge in [-0.25, -0.2) is 0 Å². The van der Waals surface area contributed by atoms with Gasteiger partial charge >= 0.3 is 0 Å². The molecule has 94 valence electrons. The van der Waals surface area contributed by atoms with Gasteiger partial charge in [-0.15, -0.1) is 10.2 Å². The van der Waals surface area contributed by atoms with Crippen molar-refractivity contribution in [3.8, 4) is 0 Å². The lowest BCUT2D eigenvalue weighted by atomic mass is 10.2. The fraction of sp³-hybridized carbons (Fsp3) is 0.182. The summed E-state index contributed by atoms with van der Waals surface area (Å²) in [6.07, 6.45) is 0. The second-order valence-electron chi connectivity index (χ2n) is 3.52. The zero-order valence-corrected chi connectivity index (χ0v) is 11.9.